The first-order chi connectivity index (χ1) is 8.72. The van der Waals surface area contributed by atoms with Gasteiger partial charge in [0.1, 0.15) is 0 Å². The maximum absolute atomic E-state index is 9.11. The van der Waals surface area contributed by atoms with Gasteiger partial charge in [-0.25, -0.2) is 0 Å². The Morgan fingerprint density at radius 1 is 1.50 bits per heavy atom. The summed E-state index contributed by atoms with van der Waals surface area (Å²) >= 11 is 1.70. The number of thiophene rings is 1. The van der Waals surface area contributed by atoms with E-state index in [1.807, 2.05) is 19.2 Å². The maximum atomic E-state index is 9.11. The van der Waals surface area contributed by atoms with Gasteiger partial charge in [0, 0.05) is 24.8 Å². The number of hydrogen-bond donors (Lipinski definition) is 3. The van der Waals surface area contributed by atoms with Gasteiger partial charge in [-0.1, -0.05) is 13.0 Å². The second-order valence-corrected chi connectivity index (χ2v) is 5.52. The fourth-order valence-electron chi connectivity index (χ4n) is 1.71. The summed E-state index contributed by atoms with van der Waals surface area (Å²) in [6, 6.07) is 4.40. The van der Waals surface area contributed by atoms with Crippen LogP contribution in [0, 0.1) is 5.92 Å². The van der Waals surface area contributed by atoms with Crippen LogP contribution < -0.4 is 5.32 Å². The number of aromatic nitrogens is 2. The first kappa shape index (κ1) is 13.3. The molecule has 0 radical (unpaired) electrons. The van der Waals surface area contributed by atoms with E-state index in [2.05, 4.69) is 33.9 Å². The molecule has 0 aliphatic carbocycles. The molecule has 18 heavy (non-hydrogen) atoms. The molecular formula is C13H19N3OS. The minimum Gasteiger partial charge on any atom is -0.396 e. The van der Waals surface area contributed by atoms with E-state index in [0.717, 1.165) is 17.8 Å². The molecule has 5 heteroatoms. The van der Waals surface area contributed by atoms with E-state index in [0.29, 0.717) is 0 Å². The molecule has 0 saturated heterocycles. The summed E-state index contributed by atoms with van der Waals surface area (Å²) in [5.41, 5.74) is 2.25. The Bertz CT molecular complexity index is 466. The van der Waals surface area contributed by atoms with Crippen molar-refractivity contribution in [2.75, 3.05) is 6.61 Å². The van der Waals surface area contributed by atoms with Crippen LogP contribution in [0.5, 0.6) is 0 Å². The normalized spacial score (nSPS) is 14.6. The van der Waals surface area contributed by atoms with Crippen LogP contribution in [0.2, 0.25) is 0 Å². The molecule has 0 amide bonds. The summed E-state index contributed by atoms with van der Waals surface area (Å²) in [6.45, 7) is 5.09. The van der Waals surface area contributed by atoms with E-state index in [1.54, 1.807) is 11.3 Å². The summed E-state index contributed by atoms with van der Waals surface area (Å²) in [6.07, 6.45) is 1.86. The van der Waals surface area contributed by atoms with Crippen LogP contribution in [0.25, 0.3) is 10.6 Å². The number of rotatable bonds is 6. The summed E-state index contributed by atoms with van der Waals surface area (Å²) in [4.78, 5) is 1.20. The highest BCUT2D eigenvalue weighted by Gasteiger charge is 2.13. The zero-order chi connectivity index (χ0) is 13.0. The van der Waals surface area contributed by atoms with Gasteiger partial charge in [-0.05, 0) is 24.3 Å². The molecule has 2 aromatic rings. The Labute approximate surface area is 111 Å². The van der Waals surface area contributed by atoms with Gasteiger partial charge in [0.2, 0.25) is 0 Å². The van der Waals surface area contributed by atoms with Gasteiger partial charge in [0.15, 0.2) is 0 Å². The van der Waals surface area contributed by atoms with Crippen molar-refractivity contribution in [3.8, 4) is 10.6 Å². The first-order valence-corrected chi connectivity index (χ1v) is 7.00. The van der Waals surface area contributed by atoms with Crippen LogP contribution in [0.15, 0.2) is 23.7 Å². The number of aromatic amines is 1. The maximum Gasteiger partial charge on any atom is 0.0794 e. The number of aliphatic hydroxyl groups is 1. The van der Waals surface area contributed by atoms with Crippen molar-refractivity contribution in [3.63, 3.8) is 0 Å². The van der Waals surface area contributed by atoms with Crippen LogP contribution in [0.3, 0.4) is 0 Å². The number of aliphatic hydroxyl groups excluding tert-OH is 1. The van der Waals surface area contributed by atoms with Crippen molar-refractivity contribution in [1.29, 1.82) is 0 Å². The Morgan fingerprint density at radius 2 is 2.33 bits per heavy atom. The molecule has 0 aliphatic rings. The van der Waals surface area contributed by atoms with Gasteiger partial charge in [-0.3, -0.25) is 5.10 Å². The van der Waals surface area contributed by atoms with E-state index < -0.39 is 0 Å². The molecule has 2 unspecified atom stereocenters. The standard InChI is InChI=1S/C13H19N3OS/c1-9(8-17)10(2)14-6-11-7-15-16-13(11)12-4-3-5-18-12/h3-5,7,9-10,14,17H,6,8H2,1-2H3,(H,15,16). The second kappa shape index (κ2) is 6.13. The lowest BCUT2D eigenvalue weighted by Crippen LogP contribution is -2.33. The zero-order valence-electron chi connectivity index (χ0n) is 10.7. The van der Waals surface area contributed by atoms with Crippen LogP contribution in [0.1, 0.15) is 19.4 Å². The van der Waals surface area contributed by atoms with Gasteiger partial charge in [0.05, 0.1) is 16.8 Å². The van der Waals surface area contributed by atoms with Crippen molar-refractivity contribution < 1.29 is 5.11 Å². The van der Waals surface area contributed by atoms with Gasteiger partial charge >= 0.3 is 0 Å². The molecule has 98 valence electrons. The molecule has 0 fully saturated rings. The zero-order valence-corrected chi connectivity index (χ0v) is 11.5. The molecule has 3 N–H and O–H groups in total. The SMILES string of the molecule is CC(CO)C(C)NCc1cn[nH]c1-c1cccs1. The second-order valence-electron chi connectivity index (χ2n) is 4.58. The molecule has 2 aromatic heterocycles. The Morgan fingerprint density at radius 3 is 3.00 bits per heavy atom. The number of hydrogen-bond acceptors (Lipinski definition) is 4. The molecule has 0 aromatic carbocycles. The topological polar surface area (TPSA) is 60.9 Å². The highest BCUT2D eigenvalue weighted by Crippen LogP contribution is 2.25. The molecule has 4 nitrogen and oxygen atoms in total. The number of H-pyrrole nitrogens is 1. The third-order valence-corrected chi connectivity index (χ3v) is 4.13. The van der Waals surface area contributed by atoms with E-state index in [1.165, 1.54) is 4.88 Å². The lowest BCUT2D eigenvalue weighted by Gasteiger charge is -2.19. The Balaban J connectivity index is 2.01. The molecule has 2 rings (SSSR count). The minimum atomic E-state index is 0.206. The summed E-state index contributed by atoms with van der Waals surface area (Å²) in [7, 11) is 0. The quantitative estimate of drug-likeness (QED) is 0.750. The third-order valence-electron chi connectivity index (χ3n) is 3.24. The fourth-order valence-corrected chi connectivity index (χ4v) is 2.46. The predicted molar refractivity (Wildman–Crippen MR) is 74.5 cm³/mol. The van der Waals surface area contributed by atoms with E-state index in [4.69, 9.17) is 5.11 Å². The molecular weight excluding hydrogens is 246 g/mol. The van der Waals surface area contributed by atoms with Crippen molar-refractivity contribution in [1.82, 2.24) is 15.5 Å². The molecule has 0 saturated carbocycles. The van der Waals surface area contributed by atoms with Crippen LogP contribution in [-0.2, 0) is 6.54 Å². The van der Waals surface area contributed by atoms with Crippen molar-refractivity contribution in [2.45, 2.75) is 26.4 Å². The average molecular weight is 265 g/mol. The first-order valence-electron chi connectivity index (χ1n) is 6.12. The monoisotopic (exact) mass is 265 g/mol. The van der Waals surface area contributed by atoms with E-state index in [-0.39, 0.29) is 18.6 Å². The lowest BCUT2D eigenvalue weighted by molar-refractivity contribution is 0.207. The number of nitrogens with zero attached hydrogens (tertiary/aromatic N) is 1. The van der Waals surface area contributed by atoms with Gasteiger partial charge in [-0.2, -0.15) is 5.10 Å². The summed E-state index contributed by atoms with van der Waals surface area (Å²) < 4.78 is 0. The fraction of sp³-hybridized carbons (Fsp3) is 0.462. The summed E-state index contributed by atoms with van der Waals surface area (Å²) in [5.74, 6) is 0.252. The van der Waals surface area contributed by atoms with Crippen LogP contribution >= 0.6 is 11.3 Å². The molecule has 0 bridgehead atoms. The average Bonchev–Trinajstić information content (AvgIpc) is 3.04. The minimum absolute atomic E-state index is 0.206. The predicted octanol–water partition coefficient (Wildman–Crippen LogP) is 2.24. The molecule has 2 heterocycles. The Hall–Kier alpha value is -1.17. The van der Waals surface area contributed by atoms with Gasteiger partial charge in [0.25, 0.3) is 0 Å². The Kier molecular flexibility index (Phi) is 4.52. The molecule has 0 spiro atoms. The van der Waals surface area contributed by atoms with Crippen molar-refractivity contribution >= 4 is 11.3 Å². The van der Waals surface area contributed by atoms with Crippen LogP contribution in [0.4, 0.5) is 0 Å². The summed E-state index contributed by atoms with van der Waals surface area (Å²) in [5, 5.41) is 21.8. The molecule has 2 atom stereocenters. The lowest BCUT2D eigenvalue weighted by atomic mass is 10.0. The van der Waals surface area contributed by atoms with Gasteiger partial charge < -0.3 is 10.4 Å². The van der Waals surface area contributed by atoms with Crippen molar-refractivity contribution in [2.24, 2.45) is 5.92 Å². The van der Waals surface area contributed by atoms with Crippen molar-refractivity contribution in [3.05, 3.63) is 29.3 Å². The van der Waals surface area contributed by atoms with E-state index in [9.17, 15) is 0 Å². The largest absolute Gasteiger partial charge is 0.396 e. The van der Waals surface area contributed by atoms with Gasteiger partial charge in [-0.15, -0.1) is 11.3 Å². The van der Waals surface area contributed by atoms with Crippen LogP contribution in [-0.4, -0.2) is 28.0 Å². The third kappa shape index (κ3) is 2.98. The molecule has 0 aliphatic heterocycles. The highest BCUT2D eigenvalue weighted by atomic mass is 32.1. The number of nitrogens with one attached hydrogen (secondary N) is 2. The smallest absolute Gasteiger partial charge is 0.0794 e. The highest BCUT2D eigenvalue weighted by molar-refractivity contribution is 7.13. The van der Waals surface area contributed by atoms with E-state index >= 15 is 0 Å².